The average Bonchev–Trinajstić information content (AvgIpc) is 2.30. The Morgan fingerprint density at radius 2 is 1.69 bits per heavy atom. The second-order valence-electron chi connectivity index (χ2n) is 3.39. The summed E-state index contributed by atoms with van der Waals surface area (Å²) in [5.41, 5.74) is -1.23. The van der Waals surface area contributed by atoms with Crippen molar-refractivity contribution >= 4 is 43.9 Å². The van der Waals surface area contributed by atoms with Crippen molar-refractivity contribution in [2.45, 2.75) is 4.08 Å². The summed E-state index contributed by atoms with van der Waals surface area (Å²) >= 11 is 12.4. The molecule has 0 heterocycles. The molecule has 5 nitrogen and oxygen atoms in total. The van der Waals surface area contributed by atoms with Gasteiger partial charge in [0.15, 0.2) is 0 Å². The van der Waals surface area contributed by atoms with E-state index in [1.54, 1.807) is 0 Å². The molecule has 0 aromatic carbocycles. The third-order valence-electron chi connectivity index (χ3n) is 2.31. The first-order chi connectivity index (χ1) is 7.39. The molecule has 16 heavy (non-hydrogen) atoms. The van der Waals surface area contributed by atoms with E-state index in [2.05, 4.69) is 42.6 Å². The predicted octanol–water partition coefficient (Wildman–Crippen LogP) is -1.02. The highest BCUT2D eigenvalue weighted by atomic mass is 32.2. The van der Waals surface area contributed by atoms with E-state index in [9.17, 15) is 15.0 Å². The van der Waals surface area contributed by atoms with E-state index in [0.29, 0.717) is 0 Å². The van der Waals surface area contributed by atoms with E-state index >= 15 is 0 Å². The summed E-state index contributed by atoms with van der Waals surface area (Å²) in [7, 11) is 0. The molecule has 0 spiro atoms. The number of esters is 1. The lowest BCUT2D eigenvalue weighted by Crippen LogP contribution is -2.51. The van der Waals surface area contributed by atoms with Crippen molar-refractivity contribution in [3.63, 3.8) is 0 Å². The normalized spacial score (nSPS) is 12.6. The zero-order chi connectivity index (χ0) is 12.8. The summed E-state index contributed by atoms with van der Waals surface area (Å²) in [4.78, 5) is 10.8. The van der Waals surface area contributed by atoms with Gasteiger partial charge in [0.2, 0.25) is 0 Å². The minimum atomic E-state index is -1.23. The molecule has 0 unspecified atom stereocenters. The first kappa shape index (κ1) is 16.4. The molecule has 0 saturated heterocycles. The molecule has 3 N–H and O–H groups in total. The predicted molar refractivity (Wildman–Crippen MR) is 69.2 cm³/mol. The number of aliphatic hydroxyl groups excluding tert-OH is 3. The molecule has 0 bridgehead atoms. The van der Waals surface area contributed by atoms with Gasteiger partial charge >= 0.3 is 5.97 Å². The van der Waals surface area contributed by atoms with Gasteiger partial charge < -0.3 is 20.1 Å². The summed E-state index contributed by atoms with van der Waals surface area (Å²) in [6, 6.07) is 0. The van der Waals surface area contributed by atoms with Gasteiger partial charge in [-0.15, -0.1) is 0 Å². The van der Waals surface area contributed by atoms with Crippen molar-refractivity contribution in [1.82, 2.24) is 0 Å². The van der Waals surface area contributed by atoms with Crippen molar-refractivity contribution in [2.75, 3.05) is 32.2 Å². The Hall–Kier alpha value is 0.400. The molecule has 0 fully saturated rings. The van der Waals surface area contributed by atoms with Crippen LogP contribution in [-0.4, -0.2) is 57.5 Å². The topological polar surface area (TPSA) is 87.0 Å². The lowest BCUT2D eigenvalue weighted by molar-refractivity contribution is -0.153. The highest BCUT2D eigenvalue weighted by Crippen LogP contribution is 2.41. The number of aliphatic hydroxyl groups is 3. The summed E-state index contributed by atoms with van der Waals surface area (Å²) in [5.74, 6) is -0.695. The highest BCUT2D eigenvalue weighted by molar-refractivity contribution is 8.02. The van der Waals surface area contributed by atoms with Gasteiger partial charge in [-0.3, -0.25) is 0 Å². The molecule has 0 rings (SSSR count). The zero-order valence-corrected chi connectivity index (χ0v) is 11.2. The quantitative estimate of drug-likeness (QED) is 0.205. The molecule has 0 saturated carbocycles. The minimum Gasteiger partial charge on any atom is -0.463 e. The summed E-state index contributed by atoms with van der Waals surface area (Å²) in [6.07, 6.45) is 0. The number of hydrogen-bond acceptors (Lipinski definition) is 8. The number of carbonyl (C=O) groups is 1. The SMILES string of the molecule is O=C(CO)OCC(CO)(CO)C(S)(S)CS. The fourth-order valence-corrected chi connectivity index (χ4v) is 1.69. The van der Waals surface area contributed by atoms with Gasteiger partial charge in [0.1, 0.15) is 13.2 Å². The molecule has 0 aliphatic heterocycles. The van der Waals surface area contributed by atoms with Crippen LogP contribution in [-0.2, 0) is 9.53 Å². The van der Waals surface area contributed by atoms with Crippen LogP contribution in [0.5, 0.6) is 0 Å². The van der Waals surface area contributed by atoms with Gasteiger partial charge in [0.05, 0.1) is 22.7 Å². The Balaban J connectivity index is 4.75. The fourth-order valence-electron chi connectivity index (χ4n) is 0.942. The maximum absolute atomic E-state index is 10.8. The Bertz CT molecular complexity index is 230. The number of thiol groups is 3. The van der Waals surface area contributed by atoms with Gasteiger partial charge in [-0.2, -0.15) is 37.9 Å². The van der Waals surface area contributed by atoms with Crippen molar-refractivity contribution in [3.8, 4) is 0 Å². The molecule has 0 aromatic heterocycles. The number of carbonyl (C=O) groups excluding carboxylic acids is 1. The van der Waals surface area contributed by atoms with Gasteiger partial charge in [-0.1, -0.05) is 0 Å². The Kier molecular flexibility index (Phi) is 7.15. The molecule has 0 amide bonds. The van der Waals surface area contributed by atoms with Crippen LogP contribution in [0, 0.1) is 5.41 Å². The Labute approximate surface area is 110 Å². The lowest BCUT2D eigenvalue weighted by Gasteiger charge is -2.41. The van der Waals surface area contributed by atoms with Crippen LogP contribution in [0.1, 0.15) is 0 Å². The molecule has 0 atom stereocenters. The van der Waals surface area contributed by atoms with E-state index in [1.165, 1.54) is 0 Å². The minimum absolute atomic E-state index is 0.150. The van der Waals surface area contributed by atoms with Crippen LogP contribution < -0.4 is 0 Å². The first-order valence-electron chi connectivity index (χ1n) is 4.43. The standard InChI is InChI=1S/C8H16O5S3/c9-1-6(12)13-4-7(2-10,3-11)8(15,16)5-14/h9-11,14-16H,1-5H2. The third-order valence-corrected chi connectivity index (χ3v) is 4.55. The second kappa shape index (κ2) is 6.97. The molecule has 0 aliphatic rings. The van der Waals surface area contributed by atoms with E-state index in [0.717, 1.165) is 0 Å². The first-order valence-corrected chi connectivity index (χ1v) is 5.95. The van der Waals surface area contributed by atoms with E-state index in [-0.39, 0.29) is 12.4 Å². The number of hydrogen-bond donors (Lipinski definition) is 6. The van der Waals surface area contributed by atoms with Gasteiger partial charge in [-0.25, -0.2) is 4.79 Å². The van der Waals surface area contributed by atoms with Crippen LogP contribution >= 0.6 is 37.9 Å². The van der Waals surface area contributed by atoms with E-state index in [4.69, 9.17) is 5.11 Å². The van der Waals surface area contributed by atoms with Crippen molar-refractivity contribution < 1.29 is 24.9 Å². The van der Waals surface area contributed by atoms with Gasteiger partial charge in [-0.05, 0) is 0 Å². The molecule has 0 aromatic rings. The van der Waals surface area contributed by atoms with Crippen LogP contribution in [0.4, 0.5) is 0 Å². The third kappa shape index (κ3) is 3.71. The summed E-state index contributed by atoms with van der Waals surface area (Å²) < 4.78 is 3.57. The summed E-state index contributed by atoms with van der Waals surface area (Å²) in [5, 5.41) is 27.1. The highest BCUT2D eigenvalue weighted by Gasteiger charge is 2.46. The van der Waals surface area contributed by atoms with Crippen LogP contribution in [0.25, 0.3) is 0 Å². The maximum Gasteiger partial charge on any atom is 0.331 e. The van der Waals surface area contributed by atoms with Crippen LogP contribution in [0.2, 0.25) is 0 Å². The smallest absolute Gasteiger partial charge is 0.331 e. The van der Waals surface area contributed by atoms with E-state index in [1.807, 2.05) is 0 Å². The molecule has 8 heteroatoms. The Morgan fingerprint density at radius 1 is 1.19 bits per heavy atom. The molecular weight excluding hydrogens is 272 g/mol. The maximum atomic E-state index is 10.8. The molecular formula is C8H16O5S3. The van der Waals surface area contributed by atoms with E-state index < -0.39 is 35.3 Å². The van der Waals surface area contributed by atoms with Crippen molar-refractivity contribution in [3.05, 3.63) is 0 Å². The molecule has 96 valence electrons. The second-order valence-corrected chi connectivity index (χ2v) is 5.59. The monoisotopic (exact) mass is 288 g/mol. The van der Waals surface area contributed by atoms with Crippen LogP contribution in [0.3, 0.4) is 0 Å². The largest absolute Gasteiger partial charge is 0.463 e. The molecule has 0 radical (unpaired) electrons. The Morgan fingerprint density at radius 3 is 2.00 bits per heavy atom. The van der Waals surface area contributed by atoms with Gasteiger partial charge in [0.25, 0.3) is 0 Å². The lowest BCUT2D eigenvalue weighted by atomic mass is 9.86. The summed E-state index contributed by atoms with van der Waals surface area (Å²) in [6.45, 7) is -2.02. The average molecular weight is 288 g/mol. The fraction of sp³-hybridized carbons (Fsp3) is 0.875. The van der Waals surface area contributed by atoms with Crippen molar-refractivity contribution in [1.29, 1.82) is 0 Å². The van der Waals surface area contributed by atoms with Crippen molar-refractivity contribution in [2.24, 2.45) is 5.41 Å². The van der Waals surface area contributed by atoms with Crippen LogP contribution in [0.15, 0.2) is 0 Å². The van der Waals surface area contributed by atoms with Gasteiger partial charge in [0, 0.05) is 5.75 Å². The number of ether oxygens (including phenoxy) is 1. The number of rotatable bonds is 7. The molecule has 0 aliphatic carbocycles. The zero-order valence-electron chi connectivity index (χ0n) is 8.54.